The zero-order chi connectivity index (χ0) is 22.0. The molecular weight excluding hydrogens is 405 g/mol. The van der Waals surface area contributed by atoms with E-state index in [1.54, 1.807) is 18.3 Å². The Hall–Kier alpha value is -3.09. The first-order valence-electron chi connectivity index (χ1n) is 11.0. The van der Waals surface area contributed by atoms with Gasteiger partial charge in [-0.2, -0.15) is 0 Å². The Morgan fingerprint density at radius 3 is 2.66 bits per heavy atom. The van der Waals surface area contributed by atoms with Crippen LogP contribution >= 0.6 is 0 Å². The Morgan fingerprint density at radius 1 is 1.03 bits per heavy atom. The molecule has 0 N–H and O–H groups in total. The fraction of sp³-hybridized carbons (Fsp3) is 0.308. The van der Waals surface area contributed by atoms with Crippen LogP contribution in [-0.2, 0) is 22.6 Å². The minimum Gasteiger partial charge on any atom is -0.361 e. The molecule has 3 aromatic rings. The molecule has 2 aliphatic heterocycles. The summed E-state index contributed by atoms with van der Waals surface area (Å²) >= 11 is 0. The van der Waals surface area contributed by atoms with Gasteiger partial charge in [-0.15, -0.1) is 0 Å². The van der Waals surface area contributed by atoms with Gasteiger partial charge < -0.3 is 9.64 Å². The summed E-state index contributed by atoms with van der Waals surface area (Å²) in [5, 5.41) is 0. The van der Waals surface area contributed by atoms with Crippen LogP contribution in [0.25, 0.3) is 0 Å². The molecule has 0 radical (unpaired) electrons. The summed E-state index contributed by atoms with van der Waals surface area (Å²) in [6, 6.07) is 20.6. The molecule has 3 heterocycles. The molecule has 2 fully saturated rings. The largest absolute Gasteiger partial charge is 0.361 e. The van der Waals surface area contributed by atoms with Gasteiger partial charge in [0.15, 0.2) is 5.60 Å². The predicted octanol–water partition coefficient (Wildman–Crippen LogP) is 3.62. The highest BCUT2D eigenvalue weighted by atomic mass is 19.1. The molecule has 2 atom stereocenters. The van der Waals surface area contributed by atoms with E-state index in [2.05, 4.69) is 9.88 Å². The van der Waals surface area contributed by atoms with Crippen LogP contribution in [0.15, 0.2) is 79.1 Å². The minimum absolute atomic E-state index is 0.0169. The number of amides is 1. The number of ether oxygens (including phenoxy) is 1. The highest BCUT2D eigenvalue weighted by Gasteiger charge is 2.56. The summed E-state index contributed by atoms with van der Waals surface area (Å²) in [6.07, 6.45) is 3.56. The van der Waals surface area contributed by atoms with Crippen molar-refractivity contribution in [2.24, 2.45) is 0 Å². The van der Waals surface area contributed by atoms with E-state index in [9.17, 15) is 9.18 Å². The number of hydrogen-bond acceptors (Lipinski definition) is 4. The van der Waals surface area contributed by atoms with Crippen molar-refractivity contribution in [3.05, 3.63) is 102 Å². The first-order valence-corrected chi connectivity index (χ1v) is 11.0. The van der Waals surface area contributed by atoms with E-state index in [0.29, 0.717) is 39.3 Å². The molecule has 0 aliphatic carbocycles. The van der Waals surface area contributed by atoms with Gasteiger partial charge in [0.1, 0.15) is 5.82 Å². The molecule has 0 saturated carbocycles. The smallest absolute Gasteiger partial charge is 0.257 e. The number of morpholine rings is 1. The van der Waals surface area contributed by atoms with Crippen LogP contribution in [0.2, 0.25) is 0 Å². The number of carbonyl (C=O) groups is 1. The summed E-state index contributed by atoms with van der Waals surface area (Å²) in [6.45, 7) is 3.29. The summed E-state index contributed by atoms with van der Waals surface area (Å²) in [4.78, 5) is 22.3. The molecule has 32 heavy (non-hydrogen) atoms. The summed E-state index contributed by atoms with van der Waals surface area (Å²) in [7, 11) is 0. The van der Waals surface area contributed by atoms with Crippen LogP contribution in [0.4, 0.5) is 4.39 Å². The van der Waals surface area contributed by atoms with Crippen molar-refractivity contribution in [1.82, 2.24) is 14.8 Å². The summed E-state index contributed by atoms with van der Waals surface area (Å²) < 4.78 is 20.1. The van der Waals surface area contributed by atoms with Crippen LogP contribution in [0.5, 0.6) is 0 Å². The number of carbonyl (C=O) groups excluding carboxylic acids is 1. The monoisotopic (exact) mass is 431 g/mol. The first-order chi connectivity index (χ1) is 15.6. The van der Waals surface area contributed by atoms with Gasteiger partial charge in [-0.1, -0.05) is 48.5 Å². The van der Waals surface area contributed by atoms with E-state index < -0.39 is 5.60 Å². The minimum atomic E-state index is -0.969. The van der Waals surface area contributed by atoms with Crippen molar-refractivity contribution in [2.75, 3.05) is 26.2 Å². The molecule has 6 heteroatoms. The SMILES string of the molecule is O=C1N(Cc2ccccc2)CCOC12CN(Cc1cccc(F)c1)CC2c1cccnc1. The highest BCUT2D eigenvalue weighted by molar-refractivity contribution is 5.88. The number of pyridine rings is 1. The number of likely N-dealkylation sites (tertiary alicyclic amines) is 1. The Morgan fingerprint density at radius 2 is 1.88 bits per heavy atom. The lowest BCUT2D eigenvalue weighted by Gasteiger charge is -2.42. The summed E-state index contributed by atoms with van der Waals surface area (Å²) in [5.41, 5.74) is 2.01. The zero-order valence-corrected chi connectivity index (χ0v) is 17.9. The second-order valence-electron chi connectivity index (χ2n) is 8.59. The first kappa shape index (κ1) is 20.8. The van der Waals surface area contributed by atoms with Crippen molar-refractivity contribution < 1.29 is 13.9 Å². The molecular formula is C26H26FN3O2. The quantitative estimate of drug-likeness (QED) is 0.619. The Kier molecular flexibility index (Phi) is 5.72. The van der Waals surface area contributed by atoms with Gasteiger partial charge in [0.05, 0.1) is 6.61 Å². The van der Waals surface area contributed by atoms with Gasteiger partial charge in [0, 0.05) is 51.0 Å². The molecule has 2 saturated heterocycles. The lowest BCUT2D eigenvalue weighted by Crippen LogP contribution is -2.59. The van der Waals surface area contributed by atoms with Gasteiger partial charge in [-0.05, 0) is 34.9 Å². The molecule has 5 nitrogen and oxygen atoms in total. The van der Waals surface area contributed by atoms with Crippen molar-refractivity contribution in [1.29, 1.82) is 0 Å². The Balaban J connectivity index is 1.45. The van der Waals surface area contributed by atoms with Gasteiger partial charge in [0.2, 0.25) is 0 Å². The van der Waals surface area contributed by atoms with E-state index in [1.165, 1.54) is 6.07 Å². The molecule has 2 aromatic carbocycles. The zero-order valence-electron chi connectivity index (χ0n) is 17.9. The van der Waals surface area contributed by atoms with Crippen LogP contribution in [0.1, 0.15) is 22.6 Å². The normalized spacial score (nSPS) is 23.7. The second-order valence-corrected chi connectivity index (χ2v) is 8.59. The van der Waals surface area contributed by atoms with E-state index >= 15 is 0 Å². The second kappa shape index (κ2) is 8.81. The lowest BCUT2D eigenvalue weighted by atomic mass is 9.83. The molecule has 0 bridgehead atoms. The van der Waals surface area contributed by atoms with Crippen molar-refractivity contribution in [3.8, 4) is 0 Å². The predicted molar refractivity (Wildman–Crippen MR) is 119 cm³/mol. The van der Waals surface area contributed by atoms with E-state index in [0.717, 1.165) is 16.7 Å². The van der Waals surface area contributed by atoms with Gasteiger partial charge in [0.25, 0.3) is 5.91 Å². The molecule has 1 amide bonds. The summed E-state index contributed by atoms with van der Waals surface area (Å²) in [5.74, 6) is -0.377. The third-order valence-electron chi connectivity index (χ3n) is 6.43. The molecule has 1 aromatic heterocycles. The van der Waals surface area contributed by atoms with Crippen molar-refractivity contribution >= 4 is 5.91 Å². The number of halogens is 1. The van der Waals surface area contributed by atoms with E-state index in [4.69, 9.17) is 4.74 Å². The topological polar surface area (TPSA) is 45.7 Å². The average Bonchev–Trinajstić information content (AvgIpc) is 3.17. The molecule has 164 valence electrons. The fourth-order valence-electron chi connectivity index (χ4n) is 4.97. The average molecular weight is 432 g/mol. The Bertz CT molecular complexity index is 1080. The van der Waals surface area contributed by atoms with E-state index in [-0.39, 0.29) is 17.6 Å². The maximum atomic E-state index is 13.9. The highest BCUT2D eigenvalue weighted by Crippen LogP contribution is 2.42. The maximum Gasteiger partial charge on any atom is 0.257 e. The molecule has 1 spiro atoms. The van der Waals surface area contributed by atoms with Crippen LogP contribution in [0, 0.1) is 5.82 Å². The van der Waals surface area contributed by atoms with Crippen molar-refractivity contribution in [3.63, 3.8) is 0 Å². The fourth-order valence-corrected chi connectivity index (χ4v) is 4.97. The van der Waals surface area contributed by atoms with Gasteiger partial charge in [-0.3, -0.25) is 14.7 Å². The van der Waals surface area contributed by atoms with Gasteiger partial charge >= 0.3 is 0 Å². The number of nitrogens with zero attached hydrogens (tertiary/aromatic N) is 3. The van der Waals surface area contributed by atoms with Crippen LogP contribution < -0.4 is 0 Å². The van der Waals surface area contributed by atoms with Crippen LogP contribution in [0.3, 0.4) is 0 Å². The van der Waals surface area contributed by atoms with Gasteiger partial charge in [-0.25, -0.2) is 4.39 Å². The van der Waals surface area contributed by atoms with E-state index in [1.807, 2.05) is 59.6 Å². The van der Waals surface area contributed by atoms with Crippen LogP contribution in [-0.4, -0.2) is 52.5 Å². The standard InChI is InChI=1S/C26H26FN3O2/c27-23-10-4-8-21(14-23)16-29-18-24(22-9-5-11-28-15-22)26(19-29)25(31)30(12-13-32-26)17-20-6-2-1-3-7-20/h1-11,14-15,24H,12-13,16-19H2. The van der Waals surface area contributed by atoms with Crippen molar-refractivity contribution in [2.45, 2.75) is 24.6 Å². The number of hydrogen-bond donors (Lipinski definition) is 0. The molecule has 2 aliphatic rings. The third kappa shape index (κ3) is 4.04. The lowest BCUT2D eigenvalue weighted by molar-refractivity contribution is -0.173. The number of benzene rings is 2. The Labute approximate surface area is 187 Å². The maximum absolute atomic E-state index is 13.9. The third-order valence-corrected chi connectivity index (χ3v) is 6.43. The molecule has 2 unspecified atom stereocenters. The number of aromatic nitrogens is 1. The molecule has 5 rings (SSSR count). The number of rotatable bonds is 5.